The molecule has 1 saturated heterocycles. The molecule has 0 atom stereocenters. The topological polar surface area (TPSA) is 102 Å². The zero-order chi connectivity index (χ0) is 21.6. The number of carbonyl (C=O) groups excluding carboxylic acids is 1. The maximum Gasteiger partial charge on any atom is 0.255 e. The van der Waals surface area contributed by atoms with Gasteiger partial charge in [0.2, 0.25) is 10.0 Å². The van der Waals surface area contributed by atoms with Crippen molar-refractivity contribution < 1.29 is 17.7 Å². The summed E-state index contributed by atoms with van der Waals surface area (Å²) < 4.78 is 34.3. The largest absolute Gasteiger partial charge is 0.360 e. The molecule has 1 aliphatic rings. The lowest BCUT2D eigenvalue weighted by Crippen LogP contribution is -2.50. The molecule has 0 unspecified atom stereocenters. The van der Waals surface area contributed by atoms with Gasteiger partial charge in [-0.3, -0.25) is 9.36 Å². The number of carbonyl (C=O) groups is 1. The van der Waals surface area contributed by atoms with Gasteiger partial charge in [0.1, 0.15) is 10.6 Å². The summed E-state index contributed by atoms with van der Waals surface area (Å²) >= 11 is 1.51. The van der Waals surface area contributed by atoms with Gasteiger partial charge in [-0.25, -0.2) is 13.4 Å². The van der Waals surface area contributed by atoms with Gasteiger partial charge in [-0.2, -0.15) is 4.31 Å². The summed E-state index contributed by atoms with van der Waals surface area (Å²) in [5.74, 6) is 0.181. The molecule has 160 valence electrons. The van der Waals surface area contributed by atoms with Crippen molar-refractivity contribution >= 4 is 27.3 Å². The molecule has 0 bridgehead atoms. The van der Waals surface area contributed by atoms with Gasteiger partial charge in [-0.15, -0.1) is 11.3 Å². The van der Waals surface area contributed by atoms with Gasteiger partial charge in [0.25, 0.3) is 5.91 Å². The van der Waals surface area contributed by atoms with Crippen LogP contribution in [0, 0.1) is 27.7 Å². The number of piperazine rings is 1. The van der Waals surface area contributed by atoms with E-state index >= 15 is 0 Å². The molecular weight excluding hydrogens is 426 g/mol. The molecule has 0 aliphatic carbocycles. The molecule has 3 aromatic rings. The summed E-state index contributed by atoms with van der Waals surface area (Å²) in [6, 6.07) is 1.87. The van der Waals surface area contributed by atoms with Crippen molar-refractivity contribution in [3.63, 3.8) is 0 Å². The average molecular weight is 450 g/mol. The Bertz CT molecular complexity index is 1170. The van der Waals surface area contributed by atoms with E-state index in [0.717, 1.165) is 16.5 Å². The summed E-state index contributed by atoms with van der Waals surface area (Å²) in [7, 11) is -3.71. The molecule has 1 aliphatic heterocycles. The van der Waals surface area contributed by atoms with Crippen molar-refractivity contribution in [1.82, 2.24) is 23.9 Å². The smallest absolute Gasteiger partial charge is 0.255 e. The van der Waals surface area contributed by atoms with Crippen molar-refractivity contribution in [2.45, 2.75) is 32.6 Å². The van der Waals surface area contributed by atoms with Crippen LogP contribution >= 0.6 is 11.3 Å². The number of rotatable bonds is 4. The second-order valence-corrected chi connectivity index (χ2v) is 10.0. The third-order valence-electron chi connectivity index (χ3n) is 5.36. The van der Waals surface area contributed by atoms with E-state index in [0.29, 0.717) is 24.3 Å². The minimum Gasteiger partial charge on any atom is -0.360 e. The minimum absolute atomic E-state index is 0.0970. The first-order valence-electron chi connectivity index (χ1n) is 9.53. The first-order valence-corrected chi connectivity index (χ1v) is 11.8. The number of sulfonamides is 1. The van der Waals surface area contributed by atoms with Crippen molar-refractivity contribution in [3.05, 3.63) is 46.0 Å². The highest BCUT2D eigenvalue weighted by atomic mass is 32.2. The lowest BCUT2D eigenvalue weighted by atomic mass is 10.2. The van der Waals surface area contributed by atoms with Crippen LogP contribution in [0.1, 0.15) is 33.2 Å². The zero-order valence-electron chi connectivity index (χ0n) is 17.2. The average Bonchev–Trinajstić information content (AvgIpc) is 3.41. The number of thiazole rings is 1. The fourth-order valence-electron chi connectivity index (χ4n) is 3.87. The first-order chi connectivity index (χ1) is 14.2. The Morgan fingerprint density at radius 1 is 1.13 bits per heavy atom. The summed E-state index contributed by atoms with van der Waals surface area (Å²) in [6.45, 7) is 8.14. The van der Waals surface area contributed by atoms with Crippen molar-refractivity contribution in [2.75, 3.05) is 26.2 Å². The lowest BCUT2D eigenvalue weighted by molar-refractivity contribution is 0.0697. The highest BCUT2D eigenvalue weighted by Crippen LogP contribution is 2.26. The summed E-state index contributed by atoms with van der Waals surface area (Å²) in [4.78, 5) is 19.3. The molecular formula is C19H23N5O4S2. The molecule has 4 rings (SSSR count). The Morgan fingerprint density at radius 2 is 1.83 bits per heavy atom. The van der Waals surface area contributed by atoms with Crippen LogP contribution in [0.15, 0.2) is 27.1 Å². The second kappa shape index (κ2) is 7.64. The van der Waals surface area contributed by atoms with Gasteiger partial charge in [-0.05, 0) is 33.8 Å². The molecule has 3 aromatic heterocycles. The first kappa shape index (κ1) is 20.8. The van der Waals surface area contributed by atoms with Crippen LogP contribution in [0.2, 0.25) is 0 Å². The molecule has 9 nitrogen and oxygen atoms in total. The van der Waals surface area contributed by atoms with Gasteiger partial charge >= 0.3 is 0 Å². The molecule has 0 saturated carbocycles. The standard InChI is InChI=1S/C19H23N5O4S2/c1-12-11-16(14(3)24(12)19-20-5-10-29-19)18(25)22-6-8-23(9-7-22)30(26,27)17-13(2)21-28-15(17)4/h5,10-11H,6-9H2,1-4H3. The van der Waals surface area contributed by atoms with E-state index in [2.05, 4.69) is 10.1 Å². The normalized spacial score (nSPS) is 15.7. The van der Waals surface area contributed by atoms with Crippen LogP contribution in [0.4, 0.5) is 0 Å². The van der Waals surface area contributed by atoms with Gasteiger partial charge in [0.15, 0.2) is 10.9 Å². The predicted molar refractivity (Wildman–Crippen MR) is 112 cm³/mol. The van der Waals surface area contributed by atoms with Gasteiger partial charge < -0.3 is 9.42 Å². The van der Waals surface area contributed by atoms with E-state index in [1.807, 2.05) is 29.9 Å². The number of nitrogens with zero attached hydrogens (tertiary/aromatic N) is 5. The van der Waals surface area contributed by atoms with Gasteiger partial charge in [0.05, 0.1) is 5.56 Å². The quantitative estimate of drug-likeness (QED) is 0.606. The van der Waals surface area contributed by atoms with Crippen molar-refractivity contribution in [3.8, 4) is 5.13 Å². The van der Waals surface area contributed by atoms with E-state index in [9.17, 15) is 13.2 Å². The maximum absolute atomic E-state index is 13.2. The predicted octanol–water partition coefficient (Wildman–Crippen LogP) is 2.30. The van der Waals surface area contributed by atoms with E-state index in [-0.39, 0.29) is 29.7 Å². The lowest BCUT2D eigenvalue weighted by Gasteiger charge is -2.34. The highest BCUT2D eigenvalue weighted by Gasteiger charge is 2.35. The SMILES string of the molecule is Cc1noc(C)c1S(=O)(=O)N1CCN(C(=O)c2cc(C)n(-c3nccs3)c2C)CC1. The summed E-state index contributed by atoms with van der Waals surface area (Å²) in [5.41, 5.74) is 2.73. The number of aryl methyl sites for hydroxylation is 3. The summed E-state index contributed by atoms with van der Waals surface area (Å²) in [6.07, 6.45) is 1.74. The Morgan fingerprint density at radius 3 is 2.40 bits per heavy atom. The molecule has 0 N–H and O–H groups in total. The van der Waals surface area contributed by atoms with Gasteiger partial charge in [0, 0.05) is 49.1 Å². The van der Waals surface area contributed by atoms with Crippen molar-refractivity contribution in [1.29, 1.82) is 0 Å². The van der Waals surface area contributed by atoms with E-state index < -0.39 is 10.0 Å². The zero-order valence-corrected chi connectivity index (χ0v) is 18.9. The fourth-order valence-corrected chi connectivity index (χ4v) is 6.34. The second-order valence-electron chi connectivity index (χ2n) is 7.28. The third kappa shape index (κ3) is 3.36. The fraction of sp³-hybridized carbons (Fsp3) is 0.421. The van der Waals surface area contributed by atoms with Crippen LogP contribution in [0.25, 0.3) is 5.13 Å². The van der Waals surface area contributed by atoms with Gasteiger partial charge in [-0.1, -0.05) is 5.16 Å². The highest BCUT2D eigenvalue weighted by molar-refractivity contribution is 7.89. The Labute approximate surface area is 179 Å². The van der Waals surface area contributed by atoms with Crippen LogP contribution in [-0.4, -0.2) is 64.4 Å². The molecule has 1 amide bonds. The van der Waals surface area contributed by atoms with Crippen LogP contribution in [0.5, 0.6) is 0 Å². The van der Waals surface area contributed by atoms with Crippen LogP contribution in [0.3, 0.4) is 0 Å². The minimum atomic E-state index is -3.71. The molecule has 0 aromatic carbocycles. The third-order valence-corrected chi connectivity index (χ3v) is 8.26. The molecule has 30 heavy (non-hydrogen) atoms. The van der Waals surface area contributed by atoms with E-state index in [4.69, 9.17) is 4.52 Å². The van der Waals surface area contributed by atoms with E-state index in [1.54, 1.807) is 24.9 Å². The Balaban J connectivity index is 1.51. The van der Waals surface area contributed by atoms with Crippen LogP contribution < -0.4 is 0 Å². The molecule has 0 radical (unpaired) electrons. The molecule has 4 heterocycles. The molecule has 0 spiro atoms. The molecule has 1 fully saturated rings. The number of aromatic nitrogens is 3. The van der Waals surface area contributed by atoms with Crippen molar-refractivity contribution in [2.24, 2.45) is 0 Å². The maximum atomic E-state index is 13.2. The molecule has 11 heteroatoms. The Kier molecular flexibility index (Phi) is 5.28. The Hall–Kier alpha value is -2.50. The van der Waals surface area contributed by atoms with E-state index in [1.165, 1.54) is 15.6 Å². The monoisotopic (exact) mass is 449 g/mol. The summed E-state index contributed by atoms with van der Waals surface area (Å²) in [5, 5.41) is 6.47. The number of hydrogen-bond acceptors (Lipinski definition) is 7. The number of amides is 1. The van der Waals surface area contributed by atoms with Crippen LogP contribution in [-0.2, 0) is 10.0 Å². The number of hydrogen-bond donors (Lipinski definition) is 0.